The molecule has 0 fully saturated rings. The van der Waals surface area contributed by atoms with Gasteiger partial charge in [0.05, 0.1) is 17.9 Å². The molecule has 2 unspecified atom stereocenters. The number of rotatable bonds is 8. The Bertz CT molecular complexity index is 1160. The zero-order valence-electron chi connectivity index (χ0n) is 18.6. The summed E-state index contributed by atoms with van der Waals surface area (Å²) >= 11 is 0. The number of halogens is 3. The highest BCUT2D eigenvalue weighted by atomic mass is 32.2. The van der Waals surface area contributed by atoms with E-state index in [1.165, 1.54) is 12.3 Å². The Labute approximate surface area is 196 Å². The predicted octanol–water partition coefficient (Wildman–Crippen LogP) is 2.94. The molecule has 2 aromatic heterocycles. The number of pyridine rings is 2. The average Bonchev–Trinajstić information content (AvgIpc) is 2.98. The monoisotopic (exact) mass is 496 g/mol. The van der Waals surface area contributed by atoms with Gasteiger partial charge in [0, 0.05) is 43.0 Å². The first-order chi connectivity index (χ1) is 15.9. The van der Waals surface area contributed by atoms with Crippen LogP contribution in [0.5, 0.6) is 0 Å². The summed E-state index contributed by atoms with van der Waals surface area (Å²) in [7, 11) is -3.57. The van der Waals surface area contributed by atoms with Crippen molar-refractivity contribution in [2.45, 2.75) is 31.4 Å². The Morgan fingerprint density at radius 1 is 1.21 bits per heavy atom. The second-order valence-electron chi connectivity index (χ2n) is 8.20. The molecule has 8 nitrogen and oxygen atoms in total. The number of aromatic nitrogens is 2. The Morgan fingerprint density at radius 2 is 1.97 bits per heavy atom. The first-order valence-corrected chi connectivity index (χ1v) is 12.5. The molecule has 0 aliphatic carbocycles. The standard InChI is InChI=1S/C22H27F3N6O2S/c1-34(32,33)31-9-6-19(22(23,24)25)15-2-3-17(30-13-15)11-14-4-7-28-12-16(10-14)18-5-8-29-21(27)20(18)26/h2-3,5,8,10,12-14,19,31H,4,6-7,9,11,26H2,1H3,(H2,27,29). The van der Waals surface area contributed by atoms with Crippen LogP contribution in [0.1, 0.15) is 35.6 Å². The third-order valence-electron chi connectivity index (χ3n) is 5.52. The zero-order chi connectivity index (χ0) is 24.9. The van der Waals surface area contributed by atoms with E-state index in [-0.39, 0.29) is 23.8 Å². The van der Waals surface area contributed by atoms with Crippen molar-refractivity contribution in [2.24, 2.45) is 10.9 Å². The maximum absolute atomic E-state index is 13.6. The maximum Gasteiger partial charge on any atom is 0.395 e. The molecule has 3 rings (SSSR count). The molecule has 0 amide bonds. The minimum Gasteiger partial charge on any atom is -0.395 e. The smallest absolute Gasteiger partial charge is 0.395 e. The van der Waals surface area contributed by atoms with Crippen LogP contribution >= 0.6 is 0 Å². The van der Waals surface area contributed by atoms with Gasteiger partial charge in [-0.25, -0.2) is 18.1 Å². The van der Waals surface area contributed by atoms with E-state index >= 15 is 0 Å². The van der Waals surface area contributed by atoms with E-state index in [1.54, 1.807) is 24.5 Å². The van der Waals surface area contributed by atoms with E-state index in [9.17, 15) is 21.6 Å². The Morgan fingerprint density at radius 3 is 2.62 bits per heavy atom. The van der Waals surface area contributed by atoms with E-state index in [2.05, 4.69) is 19.7 Å². The fraction of sp³-hybridized carbons (Fsp3) is 0.409. The van der Waals surface area contributed by atoms with Gasteiger partial charge in [-0.3, -0.25) is 9.98 Å². The van der Waals surface area contributed by atoms with Crippen LogP contribution in [0.2, 0.25) is 0 Å². The zero-order valence-corrected chi connectivity index (χ0v) is 19.4. The summed E-state index contributed by atoms with van der Waals surface area (Å²) in [6.45, 7) is 0.274. The highest BCUT2D eigenvalue weighted by Gasteiger charge is 2.40. The number of nitrogens with two attached hydrogens (primary N) is 2. The van der Waals surface area contributed by atoms with E-state index in [1.807, 2.05) is 6.08 Å². The lowest BCUT2D eigenvalue weighted by Gasteiger charge is -2.21. The summed E-state index contributed by atoms with van der Waals surface area (Å²) in [4.78, 5) is 12.6. The molecule has 0 saturated heterocycles. The van der Waals surface area contributed by atoms with E-state index in [0.29, 0.717) is 24.3 Å². The molecule has 3 heterocycles. The van der Waals surface area contributed by atoms with Crippen LogP contribution < -0.4 is 16.2 Å². The highest BCUT2D eigenvalue weighted by molar-refractivity contribution is 7.88. The molecule has 0 radical (unpaired) electrons. The molecule has 0 spiro atoms. The second kappa shape index (κ2) is 10.5. The molecule has 5 N–H and O–H groups in total. The lowest BCUT2D eigenvalue weighted by atomic mass is 9.93. The van der Waals surface area contributed by atoms with Crippen LogP contribution in [0, 0.1) is 5.92 Å². The number of anilines is 2. The number of allylic oxidation sites excluding steroid dienone is 2. The third-order valence-corrected chi connectivity index (χ3v) is 6.25. The number of hydrogen-bond donors (Lipinski definition) is 3. The third kappa shape index (κ3) is 7.00. The van der Waals surface area contributed by atoms with Gasteiger partial charge in [0.15, 0.2) is 0 Å². The molecular formula is C22H27F3N6O2S. The summed E-state index contributed by atoms with van der Waals surface area (Å²) in [6, 6.07) is 4.74. The number of sulfonamides is 1. The molecule has 34 heavy (non-hydrogen) atoms. The maximum atomic E-state index is 13.6. The molecule has 0 aromatic carbocycles. The summed E-state index contributed by atoms with van der Waals surface area (Å²) < 4.78 is 65.1. The molecule has 2 atom stereocenters. The van der Waals surface area contributed by atoms with E-state index < -0.39 is 28.5 Å². The van der Waals surface area contributed by atoms with Crippen LogP contribution in [0.3, 0.4) is 0 Å². The molecule has 1 aliphatic rings. The Hall–Kier alpha value is -2.99. The number of alkyl halides is 3. The topological polar surface area (TPSA) is 136 Å². The number of nitrogens with one attached hydrogen (secondary N) is 1. The molecular weight excluding hydrogens is 469 g/mol. The van der Waals surface area contributed by atoms with Gasteiger partial charge >= 0.3 is 6.18 Å². The van der Waals surface area contributed by atoms with Crippen LogP contribution in [0.4, 0.5) is 24.7 Å². The van der Waals surface area contributed by atoms with Crippen LogP contribution in [-0.4, -0.2) is 50.1 Å². The van der Waals surface area contributed by atoms with Gasteiger partial charge in [0.2, 0.25) is 10.0 Å². The van der Waals surface area contributed by atoms with Crippen LogP contribution in [0.25, 0.3) is 5.57 Å². The van der Waals surface area contributed by atoms with Gasteiger partial charge in [-0.05, 0) is 48.4 Å². The fourth-order valence-corrected chi connectivity index (χ4v) is 4.27. The van der Waals surface area contributed by atoms with Gasteiger partial charge in [0.1, 0.15) is 5.82 Å². The number of nitrogens with zero attached hydrogens (tertiary/aromatic N) is 3. The van der Waals surface area contributed by atoms with Gasteiger partial charge in [-0.15, -0.1) is 0 Å². The Kier molecular flexibility index (Phi) is 7.93. The van der Waals surface area contributed by atoms with E-state index in [4.69, 9.17) is 11.5 Å². The van der Waals surface area contributed by atoms with Crippen molar-refractivity contribution in [1.82, 2.24) is 14.7 Å². The largest absolute Gasteiger partial charge is 0.395 e. The number of hydrogen-bond acceptors (Lipinski definition) is 7. The quantitative estimate of drug-likeness (QED) is 0.514. The highest BCUT2D eigenvalue weighted by Crippen LogP contribution is 2.37. The second-order valence-corrected chi connectivity index (χ2v) is 10.0. The molecule has 1 aliphatic heterocycles. The van der Waals surface area contributed by atoms with Crippen molar-refractivity contribution >= 4 is 33.3 Å². The minimum atomic E-state index is -4.52. The number of aliphatic imine (C=N–C) groups is 1. The molecule has 184 valence electrons. The lowest BCUT2D eigenvalue weighted by molar-refractivity contribution is -0.151. The summed E-state index contributed by atoms with van der Waals surface area (Å²) in [5.74, 6) is -1.54. The van der Waals surface area contributed by atoms with Gasteiger partial charge in [-0.1, -0.05) is 12.1 Å². The van der Waals surface area contributed by atoms with E-state index in [0.717, 1.165) is 23.8 Å². The summed E-state index contributed by atoms with van der Waals surface area (Å²) in [5.41, 5.74) is 14.4. The average molecular weight is 497 g/mol. The van der Waals surface area contributed by atoms with Crippen molar-refractivity contribution in [3.8, 4) is 0 Å². The number of nitrogen functional groups attached to an aromatic ring is 2. The normalized spacial score (nSPS) is 17.8. The van der Waals surface area contributed by atoms with Crippen molar-refractivity contribution < 1.29 is 21.6 Å². The molecule has 12 heteroatoms. The minimum absolute atomic E-state index is 0.00739. The Balaban J connectivity index is 1.75. The molecule has 0 saturated carbocycles. The summed E-state index contributed by atoms with van der Waals surface area (Å²) in [6.07, 6.45) is 3.76. The van der Waals surface area contributed by atoms with Gasteiger partial charge in [0.25, 0.3) is 0 Å². The van der Waals surface area contributed by atoms with Crippen molar-refractivity contribution in [2.75, 3.05) is 30.8 Å². The first-order valence-electron chi connectivity index (χ1n) is 10.6. The lowest BCUT2D eigenvalue weighted by Crippen LogP contribution is -2.29. The van der Waals surface area contributed by atoms with Gasteiger partial charge < -0.3 is 11.5 Å². The van der Waals surface area contributed by atoms with Gasteiger partial charge in [-0.2, -0.15) is 13.2 Å². The summed E-state index contributed by atoms with van der Waals surface area (Å²) in [5, 5.41) is 0. The predicted molar refractivity (Wildman–Crippen MR) is 127 cm³/mol. The fourth-order valence-electron chi connectivity index (χ4n) is 3.78. The SMILES string of the molecule is CS(=O)(=O)NCCC(c1ccc(CC2C=C(c3ccnc(N)c3N)C=NCC2)nc1)C(F)(F)F. The first kappa shape index (κ1) is 25.6. The van der Waals surface area contributed by atoms with Crippen LogP contribution in [-0.2, 0) is 16.4 Å². The van der Waals surface area contributed by atoms with Crippen molar-refractivity contribution in [3.05, 3.63) is 53.5 Å². The van der Waals surface area contributed by atoms with Crippen molar-refractivity contribution in [3.63, 3.8) is 0 Å². The molecule has 2 aromatic rings. The van der Waals surface area contributed by atoms with Crippen LogP contribution in [0.15, 0.2) is 41.7 Å². The van der Waals surface area contributed by atoms with Crippen molar-refractivity contribution in [1.29, 1.82) is 0 Å². The molecule has 0 bridgehead atoms.